The number of nitrogens with zero attached hydrogens (tertiary/aromatic N) is 3. The quantitative estimate of drug-likeness (QED) is 0.286. The molecule has 0 unspecified atom stereocenters. The average molecular weight is 480 g/mol. The summed E-state index contributed by atoms with van der Waals surface area (Å²) in [6.07, 6.45) is 1.00. The van der Waals surface area contributed by atoms with Crippen molar-refractivity contribution in [1.82, 2.24) is 14.8 Å². The van der Waals surface area contributed by atoms with Crippen molar-refractivity contribution in [3.8, 4) is 28.2 Å². The molecule has 0 spiro atoms. The molecule has 0 fully saturated rings. The molecule has 3 aromatic carbocycles. The largest absolute Gasteiger partial charge is 0.278 e. The zero-order valence-corrected chi connectivity index (χ0v) is 23.5. The topological polar surface area (TPSA) is 30.7 Å². The van der Waals surface area contributed by atoms with E-state index >= 15 is 0 Å². The van der Waals surface area contributed by atoms with Gasteiger partial charge in [-0.3, -0.25) is 4.57 Å². The minimum absolute atomic E-state index is 0.0949. The lowest BCUT2D eigenvalue weighted by atomic mass is 9.75. The summed E-state index contributed by atoms with van der Waals surface area (Å²) in [5.41, 5.74) is 7.26. The Bertz CT molecular complexity index is 1350. The predicted molar refractivity (Wildman–Crippen MR) is 153 cm³/mol. The Morgan fingerprint density at radius 2 is 1.31 bits per heavy atom. The fraction of sp³-hybridized carbons (Fsp3) is 0.394. The fourth-order valence-electron chi connectivity index (χ4n) is 5.38. The van der Waals surface area contributed by atoms with Crippen molar-refractivity contribution >= 4 is 0 Å². The van der Waals surface area contributed by atoms with Crippen LogP contribution in [0.5, 0.6) is 0 Å². The summed E-state index contributed by atoms with van der Waals surface area (Å²) in [6, 6.07) is 26.0. The second kappa shape index (κ2) is 9.35. The molecule has 3 nitrogen and oxygen atoms in total. The zero-order valence-electron chi connectivity index (χ0n) is 23.5. The van der Waals surface area contributed by atoms with Crippen LogP contribution in [-0.4, -0.2) is 14.8 Å². The van der Waals surface area contributed by atoms with Crippen LogP contribution in [0.4, 0.5) is 0 Å². The van der Waals surface area contributed by atoms with Gasteiger partial charge in [-0.1, -0.05) is 116 Å². The van der Waals surface area contributed by atoms with E-state index in [9.17, 15) is 0 Å². The monoisotopic (exact) mass is 479 g/mol. The summed E-state index contributed by atoms with van der Waals surface area (Å²) >= 11 is 0. The molecule has 0 amide bonds. The van der Waals surface area contributed by atoms with Crippen LogP contribution in [-0.2, 0) is 10.8 Å². The molecular formula is C33H41N3. The molecule has 0 saturated heterocycles. The number of aromatic nitrogens is 3. The molecular weight excluding hydrogens is 438 g/mol. The van der Waals surface area contributed by atoms with Crippen molar-refractivity contribution in [3.63, 3.8) is 0 Å². The number of hydrogen-bond donors (Lipinski definition) is 0. The molecule has 4 aromatic rings. The maximum atomic E-state index is 4.85. The van der Waals surface area contributed by atoms with Gasteiger partial charge in [0.1, 0.15) is 5.82 Å². The van der Waals surface area contributed by atoms with Gasteiger partial charge in [-0.2, -0.15) is 0 Å². The third-order valence-electron chi connectivity index (χ3n) is 6.77. The van der Waals surface area contributed by atoms with Crippen LogP contribution in [0, 0.1) is 12.3 Å². The summed E-state index contributed by atoms with van der Waals surface area (Å²) in [6.45, 7) is 20.5. The lowest BCUT2D eigenvalue weighted by molar-refractivity contribution is 0.272. The minimum atomic E-state index is -0.157. The Hall–Kier alpha value is -3.20. The summed E-state index contributed by atoms with van der Waals surface area (Å²) in [4.78, 5) is 0. The first-order valence-electron chi connectivity index (χ1n) is 13.0. The van der Waals surface area contributed by atoms with Crippen LogP contribution >= 0.6 is 0 Å². The molecule has 0 aliphatic rings. The van der Waals surface area contributed by atoms with Crippen molar-refractivity contribution in [2.24, 2.45) is 5.41 Å². The molecule has 36 heavy (non-hydrogen) atoms. The molecule has 1 heterocycles. The Labute approximate surface area is 217 Å². The summed E-state index contributed by atoms with van der Waals surface area (Å²) < 4.78 is 2.30. The van der Waals surface area contributed by atoms with Crippen LogP contribution in [0.1, 0.15) is 78.8 Å². The summed E-state index contributed by atoms with van der Waals surface area (Å²) in [7, 11) is 0. The lowest BCUT2D eigenvalue weighted by Crippen LogP contribution is -2.28. The molecule has 0 aliphatic heterocycles. The Morgan fingerprint density at radius 1 is 0.667 bits per heavy atom. The van der Waals surface area contributed by atoms with Gasteiger partial charge < -0.3 is 0 Å². The molecule has 1 aromatic heterocycles. The van der Waals surface area contributed by atoms with E-state index in [0.29, 0.717) is 0 Å². The van der Waals surface area contributed by atoms with Crippen LogP contribution < -0.4 is 0 Å². The average Bonchev–Trinajstić information content (AvgIpc) is 3.23. The third kappa shape index (κ3) is 5.46. The van der Waals surface area contributed by atoms with Crippen molar-refractivity contribution in [3.05, 3.63) is 89.7 Å². The van der Waals surface area contributed by atoms with Gasteiger partial charge in [0.25, 0.3) is 0 Å². The highest BCUT2D eigenvalue weighted by Gasteiger charge is 2.34. The molecule has 3 heteroatoms. The number of rotatable bonds is 5. The zero-order chi connectivity index (χ0) is 26.3. The van der Waals surface area contributed by atoms with Crippen LogP contribution in [0.25, 0.3) is 28.2 Å². The highest BCUT2D eigenvalue weighted by atomic mass is 15.3. The highest BCUT2D eigenvalue weighted by molar-refractivity contribution is 5.71. The van der Waals surface area contributed by atoms with Gasteiger partial charge in [-0.25, -0.2) is 0 Å². The highest BCUT2D eigenvalue weighted by Crippen LogP contribution is 2.39. The fourth-order valence-corrected chi connectivity index (χ4v) is 5.38. The molecule has 0 bridgehead atoms. The van der Waals surface area contributed by atoms with Gasteiger partial charge in [0.15, 0.2) is 5.82 Å². The Kier molecular flexibility index (Phi) is 6.72. The number of benzene rings is 3. The van der Waals surface area contributed by atoms with E-state index < -0.39 is 0 Å². The molecule has 0 radical (unpaired) electrons. The normalized spacial score (nSPS) is 12.7. The van der Waals surface area contributed by atoms with E-state index in [2.05, 4.69) is 140 Å². The Balaban J connectivity index is 1.93. The van der Waals surface area contributed by atoms with Gasteiger partial charge in [-0.15, -0.1) is 10.2 Å². The molecule has 0 N–H and O–H groups in total. The SMILES string of the molecule is Cc1cc(C(C)(C)C)ccc1-n1c(-c2cccc(-c3ccccc3)c2)nnc1C(C)(C)CC(C)(C)C. The van der Waals surface area contributed by atoms with Gasteiger partial charge in [0, 0.05) is 11.0 Å². The van der Waals surface area contributed by atoms with E-state index in [4.69, 9.17) is 10.2 Å². The van der Waals surface area contributed by atoms with Crippen LogP contribution in [0.3, 0.4) is 0 Å². The minimum Gasteiger partial charge on any atom is -0.278 e. The van der Waals surface area contributed by atoms with E-state index in [-0.39, 0.29) is 16.2 Å². The standard InChI is InChI=1S/C33H41N3/c1-23-20-27(32(5,6)7)18-19-28(23)36-29(34-35-30(36)33(8,9)22-31(2,3)4)26-17-13-16-25(21-26)24-14-11-10-12-15-24/h10-21H,22H2,1-9H3. The van der Waals surface area contributed by atoms with Crippen LogP contribution in [0.2, 0.25) is 0 Å². The maximum Gasteiger partial charge on any atom is 0.168 e. The van der Waals surface area contributed by atoms with Gasteiger partial charge in [-0.05, 0) is 58.6 Å². The van der Waals surface area contributed by atoms with Crippen LogP contribution in [0.15, 0.2) is 72.8 Å². The van der Waals surface area contributed by atoms with E-state index in [1.54, 1.807) is 0 Å². The second-order valence-electron chi connectivity index (χ2n) is 13.0. The number of hydrogen-bond acceptors (Lipinski definition) is 2. The molecule has 0 saturated carbocycles. The molecule has 0 aliphatic carbocycles. The first kappa shape index (κ1) is 25.9. The molecule has 0 atom stereocenters. The van der Waals surface area contributed by atoms with E-state index in [0.717, 1.165) is 29.3 Å². The van der Waals surface area contributed by atoms with Gasteiger partial charge in [0.05, 0.1) is 5.69 Å². The first-order valence-corrected chi connectivity index (χ1v) is 13.0. The predicted octanol–water partition coefficient (Wildman–Crippen LogP) is 8.92. The smallest absolute Gasteiger partial charge is 0.168 e. The third-order valence-corrected chi connectivity index (χ3v) is 6.77. The first-order chi connectivity index (χ1) is 16.8. The van der Waals surface area contributed by atoms with Gasteiger partial charge >= 0.3 is 0 Å². The van der Waals surface area contributed by atoms with Crippen molar-refractivity contribution < 1.29 is 0 Å². The summed E-state index contributed by atoms with van der Waals surface area (Å²) in [5.74, 6) is 1.89. The van der Waals surface area contributed by atoms with Crippen molar-refractivity contribution in [2.45, 2.75) is 79.6 Å². The number of aryl methyl sites for hydroxylation is 1. The van der Waals surface area contributed by atoms with Gasteiger partial charge in [0.2, 0.25) is 0 Å². The van der Waals surface area contributed by atoms with E-state index in [1.165, 1.54) is 22.3 Å². The molecule has 4 rings (SSSR count). The lowest BCUT2D eigenvalue weighted by Gasteiger charge is -2.32. The van der Waals surface area contributed by atoms with Crippen molar-refractivity contribution in [1.29, 1.82) is 0 Å². The summed E-state index contributed by atoms with van der Waals surface area (Å²) in [5, 5.41) is 9.67. The van der Waals surface area contributed by atoms with Crippen molar-refractivity contribution in [2.75, 3.05) is 0 Å². The molecule has 188 valence electrons. The Morgan fingerprint density at radius 3 is 1.92 bits per heavy atom. The van der Waals surface area contributed by atoms with E-state index in [1.807, 2.05) is 0 Å². The second-order valence-corrected chi connectivity index (χ2v) is 13.0. The maximum absolute atomic E-state index is 4.85.